The predicted molar refractivity (Wildman–Crippen MR) is 128 cm³/mol. The van der Waals surface area contributed by atoms with E-state index in [4.69, 9.17) is 0 Å². The molecule has 2 aromatic carbocycles. The van der Waals surface area contributed by atoms with Crippen molar-refractivity contribution in [2.45, 2.75) is 39.7 Å². The Kier molecular flexibility index (Phi) is 8.81. The molecule has 0 fully saturated rings. The monoisotopic (exact) mass is 488 g/mol. The topological polar surface area (TPSA) is 50.6 Å². The zero-order chi connectivity index (χ0) is 22.2. The summed E-state index contributed by atoms with van der Waals surface area (Å²) in [6.45, 7) is 8.67. The van der Waals surface area contributed by atoms with Crippen LogP contribution < -0.4 is 10.6 Å². The molecule has 0 unspecified atom stereocenters. The number of aromatic nitrogens is 1. The van der Waals surface area contributed by atoms with Crippen LogP contribution in [-0.2, 0) is 13.0 Å². The second-order valence-electron chi connectivity index (χ2n) is 8.00. The van der Waals surface area contributed by atoms with E-state index in [0.29, 0.717) is 0 Å². The molecule has 0 atom stereocenters. The number of nitrogens with two attached hydrogens (primary N) is 1. The highest BCUT2D eigenvalue weighted by atomic mass is 79.9. The molecule has 0 saturated carbocycles. The highest BCUT2D eigenvalue weighted by Crippen LogP contribution is 2.31. The number of aryl methyl sites for hydroxylation is 1. The van der Waals surface area contributed by atoms with Crippen molar-refractivity contribution in [2.24, 2.45) is 0 Å². The minimum absolute atomic E-state index is 0.123. The van der Waals surface area contributed by atoms with Gasteiger partial charge in [0.25, 0.3) is 0 Å². The van der Waals surface area contributed by atoms with Gasteiger partial charge < -0.3 is 15.2 Å². The second-order valence-corrected chi connectivity index (χ2v) is 8.86. The summed E-state index contributed by atoms with van der Waals surface area (Å²) >= 11 is 3.66. The minimum atomic E-state index is -0.181. The third-order valence-corrected chi connectivity index (χ3v) is 6.34. The van der Waals surface area contributed by atoms with Crippen LogP contribution in [0.1, 0.15) is 41.4 Å². The van der Waals surface area contributed by atoms with Crippen molar-refractivity contribution >= 4 is 32.6 Å². The molecule has 3 rings (SSSR count). The number of quaternary nitrogens is 1. The highest BCUT2D eigenvalue weighted by molar-refractivity contribution is 9.10. The van der Waals surface area contributed by atoms with Gasteiger partial charge in [-0.15, -0.1) is 0 Å². The van der Waals surface area contributed by atoms with Crippen molar-refractivity contribution < 1.29 is 14.5 Å². The first-order chi connectivity index (χ1) is 15.0. The summed E-state index contributed by atoms with van der Waals surface area (Å²) in [5, 5.41) is 6.86. The fraction of sp³-hybridized carbons (Fsp3) is 0.400. The molecular formula is C25H32BrFN3O+. The van der Waals surface area contributed by atoms with E-state index in [1.165, 1.54) is 12.1 Å². The van der Waals surface area contributed by atoms with Crippen molar-refractivity contribution in [1.29, 1.82) is 0 Å². The molecule has 0 bridgehead atoms. The quantitative estimate of drug-likeness (QED) is 0.296. The number of carbonyl (C=O) groups is 1. The predicted octanol–water partition coefficient (Wildman–Crippen LogP) is 4.23. The number of carbonyl (C=O) groups excluding carboxylic acids is 1. The number of Topliss-reactive ketones (excluding diaryl/α,β-unsaturated/α-hetero) is 1. The van der Waals surface area contributed by atoms with Crippen LogP contribution in [0.2, 0.25) is 0 Å². The number of rotatable bonds is 12. The van der Waals surface area contributed by atoms with Gasteiger partial charge in [0.05, 0.1) is 18.6 Å². The Bertz CT molecular complexity index is 1010. The lowest BCUT2D eigenvalue weighted by Crippen LogP contribution is -2.84. The van der Waals surface area contributed by atoms with Crippen molar-refractivity contribution in [3.8, 4) is 0 Å². The molecular weight excluding hydrogens is 457 g/mol. The zero-order valence-corrected chi connectivity index (χ0v) is 20.0. The third kappa shape index (κ3) is 6.25. The Hall–Kier alpha value is -2.02. The SMILES string of the molecule is CC(=O)c1c(C)n(CCC[NH2+]CCCNCCc2ccc(F)cc2)c2c(Br)cccc12. The number of fused-ring (bicyclic) bond motifs is 1. The van der Waals surface area contributed by atoms with Crippen LogP contribution >= 0.6 is 15.9 Å². The standard InChI is InChI=1S/C25H31BrFN3O/c1-18-24(19(2)31)22-6-3-7-23(26)25(22)30(18)17-5-15-28-13-4-14-29-16-12-20-8-10-21(27)11-9-20/h3,6-11,28-29H,4-5,12-17H2,1-2H3/p+1. The molecule has 0 saturated heterocycles. The number of para-hydroxylation sites is 1. The Morgan fingerprint density at radius 2 is 1.84 bits per heavy atom. The van der Waals surface area contributed by atoms with E-state index in [0.717, 1.165) is 84.2 Å². The molecule has 0 aliphatic rings. The van der Waals surface area contributed by atoms with Crippen molar-refractivity contribution in [1.82, 2.24) is 9.88 Å². The van der Waals surface area contributed by atoms with Crippen LogP contribution in [0.5, 0.6) is 0 Å². The molecule has 0 amide bonds. The number of hydrogen-bond acceptors (Lipinski definition) is 2. The summed E-state index contributed by atoms with van der Waals surface area (Å²) in [7, 11) is 0. The Balaban J connectivity index is 1.36. The van der Waals surface area contributed by atoms with Gasteiger partial charge in [-0.25, -0.2) is 4.39 Å². The van der Waals surface area contributed by atoms with Gasteiger partial charge in [0, 0.05) is 47.0 Å². The fourth-order valence-corrected chi connectivity index (χ4v) is 4.71. The highest BCUT2D eigenvalue weighted by Gasteiger charge is 2.18. The summed E-state index contributed by atoms with van der Waals surface area (Å²) < 4.78 is 16.2. The molecule has 1 aromatic heterocycles. The lowest BCUT2D eigenvalue weighted by atomic mass is 10.1. The first-order valence-electron chi connectivity index (χ1n) is 11.0. The zero-order valence-electron chi connectivity index (χ0n) is 18.4. The normalized spacial score (nSPS) is 11.4. The number of hydrogen-bond donors (Lipinski definition) is 2. The largest absolute Gasteiger partial charge is 0.346 e. The van der Waals surface area contributed by atoms with E-state index >= 15 is 0 Å². The van der Waals surface area contributed by atoms with Crippen LogP contribution in [0.15, 0.2) is 46.9 Å². The first kappa shape index (κ1) is 23.6. The van der Waals surface area contributed by atoms with Crippen LogP contribution in [0, 0.1) is 12.7 Å². The van der Waals surface area contributed by atoms with Crippen LogP contribution in [0.3, 0.4) is 0 Å². The average Bonchev–Trinajstić information content (AvgIpc) is 3.03. The molecule has 1 heterocycles. The van der Waals surface area contributed by atoms with E-state index in [2.05, 4.69) is 31.1 Å². The molecule has 166 valence electrons. The van der Waals surface area contributed by atoms with E-state index in [1.807, 2.05) is 37.3 Å². The van der Waals surface area contributed by atoms with Crippen molar-refractivity contribution in [2.75, 3.05) is 26.2 Å². The van der Waals surface area contributed by atoms with Crippen LogP contribution in [0.4, 0.5) is 4.39 Å². The van der Waals surface area contributed by atoms with Gasteiger partial charge in [0.15, 0.2) is 5.78 Å². The lowest BCUT2D eigenvalue weighted by molar-refractivity contribution is -0.655. The van der Waals surface area contributed by atoms with Gasteiger partial charge in [-0.2, -0.15) is 0 Å². The Morgan fingerprint density at radius 1 is 1.10 bits per heavy atom. The maximum atomic E-state index is 12.9. The van der Waals surface area contributed by atoms with Gasteiger partial charge in [-0.1, -0.05) is 24.3 Å². The summed E-state index contributed by atoms with van der Waals surface area (Å²) in [4.78, 5) is 12.2. The summed E-state index contributed by atoms with van der Waals surface area (Å²) in [6, 6.07) is 12.8. The molecule has 6 heteroatoms. The van der Waals surface area contributed by atoms with Gasteiger partial charge >= 0.3 is 0 Å². The summed E-state index contributed by atoms with van der Waals surface area (Å²) in [6.07, 6.45) is 3.10. The number of benzene rings is 2. The smallest absolute Gasteiger partial charge is 0.162 e. The summed E-state index contributed by atoms with van der Waals surface area (Å²) in [5.41, 5.74) is 4.18. The minimum Gasteiger partial charge on any atom is -0.346 e. The molecule has 0 radical (unpaired) electrons. The molecule has 4 nitrogen and oxygen atoms in total. The second kappa shape index (κ2) is 11.6. The molecule has 0 aliphatic heterocycles. The van der Waals surface area contributed by atoms with E-state index in [-0.39, 0.29) is 11.6 Å². The number of nitrogens with zero attached hydrogens (tertiary/aromatic N) is 1. The maximum Gasteiger partial charge on any atom is 0.162 e. The van der Waals surface area contributed by atoms with Crippen molar-refractivity contribution in [3.05, 3.63) is 69.6 Å². The van der Waals surface area contributed by atoms with Crippen molar-refractivity contribution in [3.63, 3.8) is 0 Å². The van der Waals surface area contributed by atoms with Gasteiger partial charge in [-0.05, 0) is 66.5 Å². The number of ketones is 1. The van der Waals surface area contributed by atoms with Gasteiger partial charge in [0.2, 0.25) is 0 Å². The molecule has 3 aromatic rings. The fourth-order valence-electron chi connectivity index (χ4n) is 4.13. The molecule has 0 aliphatic carbocycles. The number of halogens is 2. The van der Waals surface area contributed by atoms with E-state index in [1.54, 1.807) is 6.92 Å². The van der Waals surface area contributed by atoms with Gasteiger partial charge in [0.1, 0.15) is 5.82 Å². The molecule has 0 spiro atoms. The first-order valence-corrected chi connectivity index (χ1v) is 11.8. The van der Waals surface area contributed by atoms with E-state index < -0.39 is 0 Å². The lowest BCUT2D eigenvalue weighted by Gasteiger charge is -2.09. The Morgan fingerprint density at radius 3 is 2.58 bits per heavy atom. The molecule has 31 heavy (non-hydrogen) atoms. The van der Waals surface area contributed by atoms with Crippen LogP contribution in [0.25, 0.3) is 10.9 Å². The third-order valence-electron chi connectivity index (χ3n) is 5.70. The average molecular weight is 489 g/mol. The van der Waals surface area contributed by atoms with Gasteiger partial charge in [-0.3, -0.25) is 4.79 Å². The van der Waals surface area contributed by atoms with E-state index in [9.17, 15) is 9.18 Å². The maximum absolute atomic E-state index is 12.9. The summed E-state index contributed by atoms with van der Waals surface area (Å²) in [5.74, 6) is -0.0582. The van der Waals surface area contributed by atoms with Crippen LogP contribution in [-0.4, -0.2) is 36.5 Å². The Labute approximate surface area is 192 Å². The molecule has 3 N–H and O–H groups in total. The number of nitrogens with one attached hydrogen (secondary N) is 1.